The molecule has 0 aliphatic heterocycles. The lowest BCUT2D eigenvalue weighted by Crippen LogP contribution is -2.22. The Morgan fingerprint density at radius 1 is 1.30 bits per heavy atom. The van der Waals surface area contributed by atoms with Crippen LogP contribution in [0.25, 0.3) is 11.0 Å². The summed E-state index contributed by atoms with van der Waals surface area (Å²) < 4.78 is 6.12. The second-order valence-corrected chi connectivity index (χ2v) is 6.33. The molecule has 1 aromatic heterocycles. The first-order valence-corrected chi connectivity index (χ1v) is 7.96. The molecule has 1 fully saturated rings. The zero-order valence-electron chi connectivity index (χ0n) is 12.8. The van der Waals surface area contributed by atoms with Gasteiger partial charge in [-0.1, -0.05) is 33.3 Å². The summed E-state index contributed by atoms with van der Waals surface area (Å²) in [5.41, 5.74) is 3.98. The zero-order chi connectivity index (χ0) is 14.1. The van der Waals surface area contributed by atoms with E-state index in [4.69, 9.17) is 4.42 Å². The number of hydrogen-bond donors (Lipinski definition) is 1. The van der Waals surface area contributed by atoms with E-state index in [0.717, 1.165) is 30.2 Å². The summed E-state index contributed by atoms with van der Waals surface area (Å²) in [6, 6.07) is 7.22. The van der Waals surface area contributed by atoms with Crippen molar-refractivity contribution in [2.45, 2.75) is 65.0 Å². The number of fused-ring (bicyclic) bond motifs is 1. The minimum absolute atomic E-state index is 0.492. The summed E-state index contributed by atoms with van der Waals surface area (Å²) in [6.07, 6.45) is 5.00. The van der Waals surface area contributed by atoms with Gasteiger partial charge in [0.25, 0.3) is 0 Å². The van der Waals surface area contributed by atoms with E-state index in [0.29, 0.717) is 6.04 Å². The Bertz CT molecular complexity index is 593. The SMILES string of the molecule is CCCc1ccc2oc(CNC(C)C)c(C3CC3)c2c1. The lowest BCUT2D eigenvalue weighted by Gasteiger charge is -2.07. The Morgan fingerprint density at radius 2 is 2.10 bits per heavy atom. The summed E-state index contributed by atoms with van der Waals surface area (Å²) in [5, 5.41) is 4.85. The first kappa shape index (κ1) is 13.7. The first-order valence-electron chi connectivity index (χ1n) is 7.96. The van der Waals surface area contributed by atoms with E-state index >= 15 is 0 Å². The van der Waals surface area contributed by atoms with Crippen molar-refractivity contribution in [1.82, 2.24) is 5.32 Å². The molecule has 1 aromatic carbocycles. The smallest absolute Gasteiger partial charge is 0.134 e. The largest absolute Gasteiger partial charge is 0.459 e. The molecule has 0 bridgehead atoms. The highest BCUT2D eigenvalue weighted by atomic mass is 16.3. The molecule has 108 valence electrons. The van der Waals surface area contributed by atoms with Crippen LogP contribution in [0.2, 0.25) is 0 Å². The van der Waals surface area contributed by atoms with E-state index in [2.05, 4.69) is 44.3 Å². The van der Waals surface area contributed by atoms with Gasteiger partial charge in [-0.25, -0.2) is 0 Å². The second-order valence-electron chi connectivity index (χ2n) is 6.33. The summed E-state index contributed by atoms with van der Waals surface area (Å²) >= 11 is 0. The van der Waals surface area contributed by atoms with Gasteiger partial charge in [0, 0.05) is 17.0 Å². The Labute approximate surface area is 121 Å². The Hall–Kier alpha value is -1.28. The van der Waals surface area contributed by atoms with Gasteiger partial charge in [0.05, 0.1) is 6.54 Å². The monoisotopic (exact) mass is 271 g/mol. The van der Waals surface area contributed by atoms with E-state index in [9.17, 15) is 0 Å². The molecule has 1 aliphatic carbocycles. The predicted octanol–water partition coefficient (Wildman–Crippen LogP) is 4.76. The van der Waals surface area contributed by atoms with Crippen molar-refractivity contribution in [3.05, 3.63) is 35.1 Å². The predicted molar refractivity (Wildman–Crippen MR) is 84.2 cm³/mol. The molecule has 1 aliphatic rings. The van der Waals surface area contributed by atoms with Crippen molar-refractivity contribution in [3.8, 4) is 0 Å². The van der Waals surface area contributed by atoms with Crippen LogP contribution < -0.4 is 5.32 Å². The third-order valence-corrected chi connectivity index (χ3v) is 4.06. The summed E-state index contributed by atoms with van der Waals surface area (Å²) in [5.74, 6) is 1.89. The molecule has 0 spiro atoms. The van der Waals surface area contributed by atoms with Crippen LogP contribution in [-0.2, 0) is 13.0 Å². The molecule has 1 N–H and O–H groups in total. The van der Waals surface area contributed by atoms with Gasteiger partial charge in [0.15, 0.2) is 0 Å². The normalized spacial score (nSPS) is 15.4. The Balaban J connectivity index is 1.99. The summed E-state index contributed by atoms with van der Waals surface area (Å²) in [7, 11) is 0. The maximum absolute atomic E-state index is 6.12. The maximum Gasteiger partial charge on any atom is 0.134 e. The molecule has 1 heterocycles. The van der Waals surface area contributed by atoms with E-state index in [1.165, 1.54) is 35.8 Å². The molecule has 2 aromatic rings. The van der Waals surface area contributed by atoms with Crippen LogP contribution in [0.5, 0.6) is 0 Å². The van der Waals surface area contributed by atoms with Crippen molar-refractivity contribution in [1.29, 1.82) is 0 Å². The Kier molecular flexibility index (Phi) is 3.84. The lowest BCUT2D eigenvalue weighted by atomic mass is 10.0. The third-order valence-electron chi connectivity index (χ3n) is 4.06. The Morgan fingerprint density at radius 3 is 2.75 bits per heavy atom. The maximum atomic E-state index is 6.12. The minimum Gasteiger partial charge on any atom is -0.459 e. The minimum atomic E-state index is 0.492. The molecule has 0 amide bonds. The zero-order valence-corrected chi connectivity index (χ0v) is 12.8. The lowest BCUT2D eigenvalue weighted by molar-refractivity contribution is 0.483. The van der Waals surface area contributed by atoms with Gasteiger partial charge in [0.2, 0.25) is 0 Å². The van der Waals surface area contributed by atoms with E-state index in [1.807, 2.05) is 0 Å². The van der Waals surface area contributed by atoms with Crippen LogP contribution in [0.1, 0.15) is 62.8 Å². The van der Waals surface area contributed by atoms with Gasteiger partial charge < -0.3 is 9.73 Å². The molecule has 2 heteroatoms. The van der Waals surface area contributed by atoms with Crippen molar-refractivity contribution in [2.75, 3.05) is 0 Å². The fraction of sp³-hybridized carbons (Fsp3) is 0.556. The number of nitrogens with one attached hydrogen (secondary N) is 1. The molecule has 2 nitrogen and oxygen atoms in total. The van der Waals surface area contributed by atoms with Gasteiger partial charge in [-0.05, 0) is 42.9 Å². The highest BCUT2D eigenvalue weighted by molar-refractivity contribution is 5.84. The van der Waals surface area contributed by atoms with Crippen LogP contribution in [-0.4, -0.2) is 6.04 Å². The number of hydrogen-bond acceptors (Lipinski definition) is 2. The standard InChI is InChI=1S/C18H25NO/c1-4-5-13-6-9-16-15(10-13)18(14-7-8-14)17(20-16)11-19-12(2)3/h6,9-10,12,14,19H,4-5,7-8,11H2,1-3H3. The molecule has 0 saturated heterocycles. The topological polar surface area (TPSA) is 25.2 Å². The van der Waals surface area contributed by atoms with E-state index in [-0.39, 0.29) is 0 Å². The van der Waals surface area contributed by atoms with Gasteiger partial charge in [0.1, 0.15) is 11.3 Å². The van der Waals surface area contributed by atoms with E-state index in [1.54, 1.807) is 0 Å². The third kappa shape index (κ3) is 2.76. The van der Waals surface area contributed by atoms with Crippen LogP contribution in [0, 0.1) is 0 Å². The quantitative estimate of drug-likeness (QED) is 0.819. The second kappa shape index (κ2) is 5.61. The van der Waals surface area contributed by atoms with Crippen molar-refractivity contribution < 1.29 is 4.42 Å². The molecule has 1 saturated carbocycles. The fourth-order valence-corrected chi connectivity index (χ4v) is 2.91. The van der Waals surface area contributed by atoms with Crippen LogP contribution >= 0.6 is 0 Å². The molecule has 3 rings (SSSR count). The first-order chi connectivity index (χ1) is 9.69. The average molecular weight is 271 g/mol. The molecule has 0 radical (unpaired) electrons. The van der Waals surface area contributed by atoms with Gasteiger partial charge in [-0.3, -0.25) is 0 Å². The van der Waals surface area contributed by atoms with Crippen LogP contribution in [0.3, 0.4) is 0 Å². The highest BCUT2D eigenvalue weighted by Crippen LogP contribution is 2.46. The van der Waals surface area contributed by atoms with Crippen LogP contribution in [0.15, 0.2) is 22.6 Å². The molecule has 0 unspecified atom stereocenters. The molecule has 20 heavy (non-hydrogen) atoms. The van der Waals surface area contributed by atoms with Crippen molar-refractivity contribution in [2.24, 2.45) is 0 Å². The van der Waals surface area contributed by atoms with Gasteiger partial charge >= 0.3 is 0 Å². The average Bonchev–Trinajstić information content (AvgIpc) is 3.18. The molecular weight excluding hydrogens is 246 g/mol. The van der Waals surface area contributed by atoms with Crippen molar-refractivity contribution in [3.63, 3.8) is 0 Å². The highest BCUT2D eigenvalue weighted by Gasteiger charge is 2.30. The van der Waals surface area contributed by atoms with Gasteiger partial charge in [-0.2, -0.15) is 0 Å². The van der Waals surface area contributed by atoms with Crippen molar-refractivity contribution >= 4 is 11.0 Å². The van der Waals surface area contributed by atoms with Gasteiger partial charge in [-0.15, -0.1) is 0 Å². The van der Waals surface area contributed by atoms with E-state index < -0.39 is 0 Å². The van der Waals surface area contributed by atoms with Crippen LogP contribution in [0.4, 0.5) is 0 Å². The molecule has 0 atom stereocenters. The summed E-state index contributed by atoms with van der Waals surface area (Å²) in [4.78, 5) is 0. The summed E-state index contributed by atoms with van der Waals surface area (Å²) in [6.45, 7) is 7.44. The number of benzene rings is 1. The number of furan rings is 1. The molecular formula is C18H25NO. The number of aryl methyl sites for hydroxylation is 1. The number of rotatable bonds is 6. The fourth-order valence-electron chi connectivity index (χ4n) is 2.91.